The molecule has 0 saturated carbocycles. The lowest BCUT2D eigenvalue weighted by molar-refractivity contribution is 0.0849. The molecule has 3 heterocycles. The van der Waals surface area contributed by atoms with Gasteiger partial charge in [0.15, 0.2) is 0 Å². The van der Waals surface area contributed by atoms with Crippen LogP contribution in [0.5, 0.6) is 0 Å². The summed E-state index contributed by atoms with van der Waals surface area (Å²) in [4.78, 5) is 30.3. The van der Waals surface area contributed by atoms with Crippen molar-refractivity contribution in [3.8, 4) is 0 Å². The van der Waals surface area contributed by atoms with Crippen molar-refractivity contribution in [2.24, 2.45) is 0 Å². The van der Waals surface area contributed by atoms with Crippen LogP contribution in [0.1, 0.15) is 12.8 Å². The van der Waals surface area contributed by atoms with E-state index < -0.39 is 0 Å². The van der Waals surface area contributed by atoms with Crippen molar-refractivity contribution in [3.63, 3.8) is 0 Å². The predicted molar refractivity (Wildman–Crippen MR) is 123 cm³/mol. The molecule has 1 aliphatic heterocycles. The van der Waals surface area contributed by atoms with Gasteiger partial charge in [-0.3, -0.25) is 0 Å². The van der Waals surface area contributed by atoms with Gasteiger partial charge >= 0.3 is 6.09 Å². The number of halogens is 1. The van der Waals surface area contributed by atoms with E-state index in [4.69, 9.17) is 16.3 Å². The van der Waals surface area contributed by atoms with Gasteiger partial charge in [-0.05, 0) is 48.0 Å². The Bertz CT molecular complexity index is 1060. The second-order valence-corrected chi connectivity index (χ2v) is 7.45. The average molecular weight is 455 g/mol. The van der Waals surface area contributed by atoms with Gasteiger partial charge < -0.3 is 25.6 Å². The number of rotatable bonds is 6. The third kappa shape index (κ3) is 5.73. The first-order valence-corrected chi connectivity index (χ1v) is 10.6. The summed E-state index contributed by atoms with van der Waals surface area (Å²) in [6.07, 6.45) is 4.42. The molecule has 4 rings (SSSR count). The Kier molecular flexibility index (Phi) is 6.81. The van der Waals surface area contributed by atoms with Crippen LogP contribution in [0, 0.1) is 0 Å². The number of hydrogen-bond donors (Lipinski definition) is 3. The number of carbonyl (C=O) groups excluding carboxylic acids is 1. The molecule has 10 nitrogen and oxygen atoms in total. The summed E-state index contributed by atoms with van der Waals surface area (Å²) in [6, 6.07) is 11.5. The summed E-state index contributed by atoms with van der Waals surface area (Å²) >= 11 is 5.82. The summed E-state index contributed by atoms with van der Waals surface area (Å²) in [5.41, 5.74) is 1.99. The molecule has 166 valence electrons. The van der Waals surface area contributed by atoms with Crippen molar-refractivity contribution in [3.05, 3.63) is 54.1 Å². The van der Waals surface area contributed by atoms with Gasteiger partial charge in [0.05, 0.1) is 0 Å². The summed E-state index contributed by atoms with van der Waals surface area (Å²) in [5.74, 6) is 1.58. The van der Waals surface area contributed by atoms with Crippen molar-refractivity contribution in [1.29, 1.82) is 0 Å². The van der Waals surface area contributed by atoms with Crippen molar-refractivity contribution < 1.29 is 9.53 Å². The van der Waals surface area contributed by atoms with E-state index in [1.807, 2.05) is 24.3 Å². The van der Waals surface area contributed by atoms with Crippen LogP contribution in [0.2, 0.25) is 5.28 Å². The quantitative estimate of drug-likeness (QED) is 0.479. The number of aromatic nitrogens is 4. The number of piperidine rings is 1. The summed E-state index contributed by atoms with van der Waals surface area (Å²) in [7, 11) is 1.57. The van der Waals surface area contributed by atoms with E-state index in [1.54, 1.807) is 31.6 Å². The van der Waals surface area contributed by atoms with Gasteiger partial charge in [-0.1, -0.05) is 0 Å². The smallest absolute Gasteiger partial charge is 0.407 e. The highest BCUT2D eigenvalue weighted by Gasteiger charge is 2.22. The Balaban J connectivity index is 1.34. The maximum absolute atomic E-state index is 11.4. The molecule has 1 aliphatic rings. The number of benzene rings is 1. The number of carbonyl (C=O) groups is 1. The van der Waals surface area contributed by atoms with Crippen LogP contribution in [-0.2, 0) is 4.74 Å². The van der Waals surface area contributed by atoms with Crippen LogP contribution in [0.15, 0.2) is 48.8 Å². The Labute approximate surface area is 190 Å². The lowest BCUT2D eigenvalue weighted by Crippen LogP contribution is -2.39. The van der Waals surface area contributed by atoms with Crippen LogP contribution in [-0.4, -0.2) is 52.3 Å². The normalized spacial score (nSPS) is 14.0. The molecule has 2 aromatic heterocycles. The third-order valence-corrected chi connectivity index (χ3v) is 5.13. The number of amides is 1. The van der Waals surface area contributed by atoms with E-state index in [0.29, 0.717) is 17.6 Å². The molecule has 3 aromatic rings. The molecule has 1 aromatic carbocycles. The van der Waals surface area contributed by atoms with E-state index in [9.17, 15) is 4.79 Å². The van der Waals surface area contributed by atoms with Crippen molar-refractivity contribution in [1.82, 2.24) is 25.3 Å². The van der Waals surface area contributed by atoms with E-state index in [1.165, 1.54) is 0 Å². The minimum absolute atomic E-state index is 0.0384. The van der Waals surface area contributed by atoms with E-state index in [-0.39, 0.29) is 17.5 Å². The molecule has 0 atom stereocenters. The lowest BCUT2D eigenvalue weighted by atomic mass is 10.1. The molecule has 3 N–H and O–H groups in total. The van der Waals surface area contributed by atoms with Crippen molar-refractivity contribution >= 4 is 46.7 Å². The van der Waals surface area contributed by atoms with E-state index >= 15 is 0 Å². The first-order chi connectivity index (χ1) is 15.6. The van der Waals surface area contributed by atoms with Crippen molar-refractivity contribution in [2.45, 2.75) is 18.9 Å². The minimum Gasteiger partial charge on any atom is -0.446 e. The van der Waals surface area contributed by atoms with Crippen molar-refractivity contribution in [2.75, 3.05) is 35.7 Å². The molecule has 32 heavy (non-hydrogen) atoms. The Morgan fingerprint density at radius 3 is 2.38 bits per heavy atom. The topological polar surface area (TPSA) is 117 Å². The fourth-order valence-electron chi connectivity index (χ4n) is 3.35. The highest BCUT2D eigenvalue weighted by Crippen LogP contribution is 2.24. The lowest BCUT2D eigenvalue weighted by Gasteiger charge is -2.33. The second kappa shape index (κ2) is 10.1. The molecule has 1 saturated heterocycles. The second-order valence-electron chi connectivity index (χ2n) is 7.11. The third-order valence-electron chi connectivity index (χ3n) is 4.95. The molecule has 0 unspecified atom stereocenters. The Hall–Kier alpha value is -3.66. The zero-order valence-corrected chi connectivity index (χ0v) is 18.2. The van der Waals surface area contributed by atoms with Gasteiger partial charge in [-0.25, -0.2) is 19.7 Å². The van der Waals surface area contributed by atoms with Gasteiger partial charge in [0.25, 0.3) is 0 Å². The molecule has 0 bridgehead atoms. The van der Waals surface area contributed by atoms with Gasteiger partial charge in [0, 0.05) is 56.7 Å². The van der Waals surface area contributed by atoms with E-state index in [2.05, 4.69) is 40.8 Å². The monoisotopic (exact) mass is 454 g/mol. The van der Waals surface area contributed by atoms with Gasteiger partial charge in [0.1, 0.15) is 17.7 Å². The fraction of sp³-hybridized carbons (Fsp3) is 0.286. The molecule has 0 aliphatic carbocycles. The van der Waals surface area contributed by atoms with E-state index in [0.717, 1.165) is 37.3 Å². The largest absolute Gasteiger partial charge is 0.446 e. The molecular weight excluding hydrogens is 432 g/mol. The maximum atomic E-state index is 11.4. The minimum atomic E-state index is -0.374. The van der Waals surface area contributed by atoms with Crippen LogP contribution in [0.25, 0.3) is 0 Å². The zero-order chi connectivity index (χ0) is 22.3. The molecule has 11 heteroatoms. The average Bonchev–Trinajstić information content (AvgIpc) is 2.80. The Morgan fingerprint density at radius 1 is 1.00 bits per heavy atom. The van der Waals surface area contributed by atoms with Crippen LogP contribution in [0.3, 0.4) is 0 Å². The van der Waals surface area contributed by atoms with Crippen LogP contribution in [0.4, 0.5) is 33.8 Å². The Morgan fingerprint density at radius 2 is 1.69 bits per heavy atom. The number of nitrogens with one attached hydrogen (secondary N) is 3. The predicted octanol–water partition coefficient (Wildman–Crippen LogP) is 3.73. The maximum Gasteiger partial charge on any atom is 0.407 e. The first-order valence-electron chi connectivity index (χ1n) is 10.2. The standard InChI is InChI=1S/C21H23ClN8O2/c1-23-21(31)32-16-8-12-30(13-9-16)15-4-2-14(3-5-15)26-20-25-11-7-18(29-20)27-17-6-10-24-19(22)28-17/h2-7,10-11,16H,8-9,12-13H2,1H3,(H,23,31)(H2,24,25,26,27,28,29). The highest BCUT2D eigenvalue weighted by atomic mass is 35.5. The summed E-state index contributed by atoms with van der Waals surface area (Å²) < 4.78 is 5.34. The first kappa shape index (κ1) is 21.6. The molecule has 1 amide bonds. The van der Waals surface area contributed by atoms with Crippen LogP contribution >= 0.6 is 11.6 Å². The molecule has 0 radical (unpaired) electrons. The SMILES string of the molecule is CNC(=O)OC1CCN(c2ccc(Nc3nccc(Nc4ccnc(Cl)n4)n3)cc2)CC1. The number of ether oxygens (including phenoxy) is 1. The summed E-state index contributed by atoms with van der Waals surface area (Å²) in [5, 5.41) is 8.93. The van der Waals surface area contributed by atoms with Gasteiger partial charge in [0.2, 0.25) is 11.2 Å². The zero-order valence-electron chi connectivity index (χ0n) is 17.5. The number of hydrogen-bond acceptors (Lipinski definition) is 9. The summed E-state index contributed by atoms with van der Waals surface area (Å²) in [6.45, 7) is 1.66. The number of nitrogens with zero attached hydrogens (tertiary/aromatic N) is 5. The highest BCUT2D eigenvalue weighted by molar-refractivity contribution is 6.28. The molecular formula is C21H23ClN8O2. The van der Waals surface area contributed by atoms with Gasteiger partial charge in [-0.15, -0.1) is 0 Å². The number of anilines is 5. The van der Waals surface area contributed by atoms with Crippen LogP contribution < -0.4 is 20.9 Å². The fourth-order valence-corrected chi connectivity index (χ4v) is 3.50. The molecule has 0 spiro atoms. The number of alkyl carbamates (subject to hydrolysis) is 1. The van der Waals surface area contributed by atoms with Gasteiger partial charge in [-0.2, -0.15) is 4.98 Å². The molecule has 1 fully saturated rings.